The average molecular weight is 315 g/mol. The lowest BCUT2D eigenvalue weighted by Crippen LogP contribution is -2.35. The first-order chi connectivity index (χ1) is 8.52. The predicted octanol–water partition coefficient (Wildman–Crippen LogP) is 0.590. The summed E-state index contributed by atoms with van der Waals surface area (Å²) in [5, 5.41) is 2.60. The lowest BCUT2D eigenvalue weighted by Gasteiger charge is -2.16. The topological polar surface area (TPSA) is 88.3 Å². The van der Waals surface area contributed by atoms with Crippen LogP contribution in [-0.2, 0) is 9.59 Å². The van der Waals surface area contributed by atoms with Crippen LogP contribution in [0.1, 0.15) is 6.42 Å². The fourth-order valence-corrected chi connectivity index (χ4v) is 1.48. The highest BCUT2D eigenvalue weighted by molar-refractivity contribution is 9.10. The Bertz CT molecular complexity index is 422. The number of nitrogens with two attached hydrogens (primary N) is 1. The molecular weight excluding hydrogens is 300 g/mol. The van der Waals surface area contributed by atoms with Crippen LogP contribution >= 0.6 is 15.9 Å². The van der Waals surface area contributed by atoms with Gasteiger partial charge >= 0.3 is 0 Å². The zero-order valence-corrected chi connectivity index (χ0v) is 11.6. The third-order valence-corrected chi connectivity index (χ3v) is 2.63. The molecule has 0 saturated heterocycles. The number of rotatable bonds is 5. The summed E-state index contributed by atoms with van der Waals surface area (Å²) in [4.78, 5) is 28.4. The van der Waals surface area contributed by atoms with Crippen LogP contribution in [0.2, 0.25) is 0 Å². The van der Waals surface area contributed by atoms with E-state index in [2.05, 4.69) is 26.2 Å². The second-order valence-electron chi connectivity index (χ2n) is 3.70. The van der Waals surface area contributed by atoms with Crippen molar-refractivity contribution >= 4 is 33.6 Å². The molecule has 0 radical (unpaired) electrons. The smallest absolute Gasteiger partial charge is 0.245 e. The molecule has 0 unspecified atom stereocenters. The van der Waals surface area contributed by atoms with Crippen molar-refractivity contribution in [2.75, 3.05) is 25.5 Å². The monoisotopic (exact) mass is 314 g/mol. The molecule has 0 saturated carbocycles. The largest absolute Gasteiger partial charge is 0.336 e. The number of aromatic nitrogens is 1. The Hall–Kier alpha value is -1.47. The van der Waals surface area contributed by atoms with E-state index in [1.54, 1.807) is 25.4 Å². The maximum atomic E-state index is 11.6. The van der Waals surface area contributed by atoms with E-state index in [9.17, 15) is 9.59 Å². The van der Waals surface area contributed by atoms with Gasteiger partial charge in [0.15, 0.2) is 0 Å². The number of hydrogen-bond acceptors (Lipinski definition) is 4. The van der Waals surface area contributed by atoms with Crippen LogP contribution in [0.3, 0.4) is 0 Å². The van der Waals surface area contributed by atoms with E-state index in [4.69, 9.17) is 5.73 Å². The van der Waals surface area contributed by atoms with Crippen molar-refractivity contribution in [2.24, 2.45) is 5.73 Å². The molecular formula is C11H15BrN4O2. The molecule has 1 aromatic heterocycles. The molecule has 1 heterocycles. The van der Waals surface area contributed by atoms with Crippen LogP contribution in [0.5, 0.6) is 0 Å². The van der Waals surface area contributed by atoms with E-state index < -0.39 is 0 Å². The number of carbonyl (C=O) groups is 2. The van der Waals surface area contributed by atoms with E-state index >= 15 is 0 Å². The lowest BCUT2D eigenvalue weighted by molar-refractivity contribution is -0.133. The molecule has 0 aliphatic heterocycles. The van der Waals surface area contributed by atoms with Crippen LogP contribution in [0.4, 0.5) is 5.82 Å². The Balaban J connectivity index is 2.46. The molecule has 2 amide bonds. The van der Waals surface area contributed by atoms with Crippen molar-refractivity contribution < 1.29 is 9.59 Å². The highest BCUT2D eigenvalue weighted by Crippen LogP contribution is 2.10. The highest BCUT2D eigenvalue weighted by Gasteiger charge is 2.12. The number of amides is 2. The maximum absolute atomic E-state index is 11.6. The number of nitrogens with zero attached hydrogens (tertiary/aromatic N) is 2. The normalized spacial score (nSPS) is 9.94. The lowest BCUT2D eigenvalue weighted by atomic mass is 10.3. The quantitative estimate of drug-likeness (QED) is 0.832. The number of carbonyl (C=O) groups excluding carboxylic acids is 2. The molecule has 98 valence electrons. The Labute approximate surface area is 114 Å². The molecule has 0 aliphatic rings. The van der Waals surface area contributed by atoms with Gasteiger partial charge in [-0.3, -0.25) is 9.59 Å². The summed E-state index contributed by atoms with van der Waals surface area (Å²) in [6.45, 7) is 0.260. The van der Waals surface area contributed by atoms with Crippen molar-refractivity contribution in [3.63, 3.8) is 0 Å². The van der Waals surface area contributed by atoms with Crippen molar-refractivity contribution in [1.29, 1.82) is 0 Å². The third kappa shape index (κ3) is 4.80. The van der Waals surface area contributed by atoms with Gasteiger partial charge in [0.05, 0.1) is 6.54 Å². The van der Waals surface area contributed by atoms with E-state index in [1.165, 1.54) is 4.90 Å². The number of anilines is 1. The van der Waals surface area contributed by atoms with Crippen LogP contribution in [-0.4, -0.2) is 41.8 Å². The van der Waals surface area contributed by atoms with Crippen molar-refractivity contribution in [3.8, 4) is 0 Å². The highest BCUT2D eigenvalue weighted by atomic mass is 79.9. The van der Waals surface area contributed by atoms with Gasteiger partial charge in [-0.15, -0.1) is 0 Å². The minimum atomic E-state index is -0.294. The van der Waals surface area contributed by atoms with Crippen molar-refractivity contribution in [1.82, 2.24) is 9.88 Å². The standard InChI is InChI=1S/C11H15BrN4O2/c1-16(11(18)4-5-13)7-10(17)15-9-3-2-8(12)6-14-9/h2-3,6H,4-5,7,13H2,1H3,(H,14,15,17). The van der Waals surface area contributed by atoms with Crippen LogP contribution in [0.15, 0.2) is 22.8 Å². The summed E-state index contributed by atoms with van der Waals surface area (Å²) in [6, 6.07) is 3.44. The molecule has 7 heteroatoms. The van der Waals surface area contributed by atoms with Gasteiger partial charge in [0.25, 0.3) is 0 Å². The third-order valence-electron chi connectivity index (χ3n) is 2.16. The number of hydrogen-bond donors (Lipinski definition) is 2. The average Bonchev–Trinajstić information content (AvgIpc) is 2.32. The molecule has 0 fully saturated rings. The molecule has 18 heavy (non-hydrogen) atoms. The minimum Gasteiger partial charge on any atom is -0.336 e. The van der Waals surface area contributed by atoms with E-state index in [-0.39, 0.29) is 31.3 Å². The summed E-state index contributed by atoms with van der Waals surface area (Å²) in [6.07, 6.45) is 1.82. The Morgan fingerprint density at radius 2 is 2.22 bits per heavy atom. The Kier molecular flexibility index (Phi) is 5.73. The zero-order chi connectivity index (χ0) is 13.5. The van der Waals surface area contributed by atoms with Gasteiger partial charge in [0.1, 0.15) is 5.82 Å². The molecule has 1 rings (SSSR count). The summed E-state index contributed by atoms with van der Waals surface area (Å²) >= 11 is 3.25. The summed E-state index contributed by atoms with van der Waals surface area (Å²) in [5.41, 5.74) is 5.27. The second-order valence-corrected chi connectivity index (χ2v) is 4.61. The summed E-state index contributed by atoms with van der Waals surface area (Å²) in [5.74, 6) is -0.00279. The molecule has 0 aliphatic carbocycles. The number of halogens is 1. The van der Waals surface area contributed by atoms with Gasteiger partial charge in [0.2, 0.25) is 11.8 Å². The fraction of sp³-hybridized carbons (Fsp3) is 0.364. The predicted molar refractivity (Wildman–Crippen MR) is 71.9 cm³/mol. The first-order valence-corrected chi connectivity index (χ1v) is 6.17. The van der Waals surface area contributed by atoms with Crippen molar-refractivity contribution in [3.05, 3.63) is 22.8 Å². The van der Waals surface area contributed by atoms with Gasteiger partial charge in [-0.05, 0) is 28.1 Å². The zero-order valence-electron chi connectivity index (χ0n) is 10.0. The molecule has 0 bridgehead atoms. The second kappa shape index (κ2) is 7.07. The van der Waals surface area contributed by atoms with E-state index in [1.807, 2.05) is 0 Å². The molecule has 1 aromatic rings. The molecule has 6 nitrogen and oxygen atoms in total. The van der Waals surface area contributed by atoms with Gasteiger partial charge in [0, 0.05) is 30.7 Å². The van der Waals surface area contributed by atoms with Gasteiger partial charge in [-0.2, -0.15) is 0 Å². The molecule has 3 N–H and O–H groups in total. The molecule has 0 spiro atoms. The first kappa shape index (κ1) is 14.6. The van der Waals surface area contributed by atoms with Gasteiger partial charge in [-0.25, -0.2) is 4.98 Å². The van der Waals surface area contributed by atoms with Crippen LogP contribution in [0, 0.1) is 0 Å². The Morgan fingerprint density at radius 1 is 1.50 bits per heavy atom. The summed E-state index contributed by atoms with van der Waals surface area (Å²) in [7, 11) is 1.56. The van der Waals surface area contributed by atoms with Crippen LogP contribution in [0.25, 0.3) is 0 Å². The molecule has 0 aromatic carbocycles. The van der Waals surface area contributed by atoms with Gasteiger partial charge < -0.3 is 16.0 Å². The van der Waals surface area contributed by atoms with E-state index in [0.29, 0.717) is 5.82 Å². The summed E-state index contributed by atoms with van der Waals surface area (Å²) < 4.78 is 0.829. The number of nitrogens with one attached hydrogen (secondary N) is 1. The van der Waals surface area contributed by atoms with Crippen LogP contribution < -0.4 is 11.1 Å². The minimum absolute atomic E-state index is 0.0173. The Morgan fingerprint density at radius 3 is 2.78 bits per heavy atom. The van der Waals surface area contributed by atoms with E-state index in [0.717, 1.165) is 4.47 Å². The fourth-order valence-electron chi connectivity index (χ4n) is 1.25. The molecule has 0 atom stereocenters. The first-order valence-electron chi connectivity index (χ1n) is 5.38. The maximum Gasteiger partial charge on any atom is 0.245 e. The van der Waals surface area contributed by atoms with Crippen molar-refractivity contribution in [2.45, 2.75) is 6.42 Å². The number of likely N-dealkylation sites (N-methyl/N-ethyl adjacent to an activating group) is 1. The number of pyridine rings is 1. The SMILES string of the molecule is CN(CC(=O)Nc1ccc(Br)cn1)C(=O)CCN. The van der Waals surface area contributed by atoms with Gasteiger partial charge in [-0.1, -0.05) is 0 Å².